The number of unbranched alkanes of at least 4 members (excludes halogenated alkanes) is 2. The predicted octanol–water partition coefficient (Wildman–Crippen LogP) is 2.88. The van der Waals surface area contributed by atoms with Gasteiger partial charge in [-0.3, -0.25) is 4.79 Å². The van der Waals surface area contributed by atoms with Crippen LogP contribution in [-0.2, 0) is 9.53 Å². The van der Waals surface area contributed by atoms with Crippen LogP contribution < -0.4 is 10.6 Å². The van der Waals surface area contributed by atoms with E-state index in [1.165, 1.54) is 0 Å². The Morgan fingerprint density at radius 2 is 1.90 bits per heavy atom. The molecule has 0 aromatic heterocycles. The zero-order chi connectivity index (χ0) is 15.7. The number of carbonyl (C=O) groups is 1. The monoisotopic (exact) mass is 308 g/mol. The van der Waals surface area contributed by atoms with Crippen LogP contribution in [0.3, 0.4) is 0 Å². The molecule has 2 N–H and O–H groups in total. The molecule has 1 aromatic rings. The number of nitrogens with two attached hydrogens (primary N) is 1. The lowest BCUT2D eigenvalue weighted by molar-refractivity contribution is -0.143. The van der Waals surface area contributed by atoms with Crippen LogP contribution in [0.1, 0.15) is 38.2 Å². The van der Waals surface area contributed by atoms with Gasteiger partial charge < -0.3 is 15.4 Å². The molecule has 0 atom stereocenters. The normalized spacial score (nSPS) is 10.2. The summed E-state index contributed by atoms with van der Waals surface area (Å²) >= 11 is 4.94. The van der Waals surface area contributed by atoms with Gasteiger partial charge in [-0.15, -0.1) is 0 Å². The number of thiocarbonyl (C=S) groups is 1. The number of nitrogens with zero attached hydrogens (tertiary/aromatic N) is 1. The molecule has 116 valence electrons. The first kappa shape index (κ1) is 17.4. The van der Waals surface area contributed by atoms with E-state index in [9.17, 15) is 4.79 Å². The molecule has 1 aromatic carbocycles. The maximum absolute atomic E-state index is 11.2. The highest BCUT2D eigenvalue weighted by molar-refractivity contribution is 7.80. The molecular formula is C16H24N2O2S. The van der Waals surface area contributed by atoms with E-state index in [1.807, 2.05) is 31.2 Å². The lowest BCUT2D eigenvalue weighted by Gasteiger charge is -2.19. The van der Waals surface area contributed by atoms with Crippen molar-refractivity contribution in [2.24, 2.45) is 5.73 Å². The van der Waals surface area contributed by atoms with Gasteiger partial charge in [0.05, 0.1) is 6.61 Å². The summed E-state index contributed by atoms with van der Waals surface area (Å²) in [7, 11) is 2.06. The van der Waals surface area contributed by atoms with Crippen LogP contribution in [0, 0.1) is 0 Å². The highest BCUT2D eigenvalue weighted by atomic mass is 32.1. The van der Waals surface area contributed by atoms with Crippen molar-refractivity contribution in [2.75, 3.05) is 25.1 Å². The number of hydrogen-bond donors (Lipinski definition) is 1. The average Bonchev–Trinajstić information content (AvgIpc) is 2.47. The van der Waals surface area contributed by atoms with Crippen LogP contribution >= 0.6 is 12.2 Å². The van der Waals surface area contributed by atoms with E-state index in [0.29, 0.717) is 18.0 Å². The minimum Gasteiger partial charge on any atom is -0.466 e. The Kier molecular flexibility index (Phi) is 7.75. The van der Waals surface area contributed by atoms with Crippen LogP contribution in [-0.4, -0.2) is 31.2 Å². The Bertz CT molecular complexity index is 460. The molecule has 5 heteroatoms. The summed E-state index contributed by atoms with van der Waals surface area (Å²) in [6, 6.07) is 7.92. The van der Waals surface area contributed by atoms with E-state index in [1.54, 1.807) is 0 Å². The molecule has 0 fully saturated rings. The van der Waals surface area contributed by atoms with E-state index in [4.69, 9.17) is 22.7 Å². The first-order valence-electron chi connectivity index (χ1n) is 7.31. The smallest absolute Gasteiger partial charge is 0.305 e. The number of esters is 1. The van der Waals surface area contributed by atoms with Crippen molar-refractivity contribution in [3.63, 3.8) is 0 Å². The fraction of sp³-hybridized carbons (Fsp3) is 0.500. The van der Waals surface area contributed by atoms with Crippen molar-refractivity contribution in [1.82, 2.24) is 0 Å². The van der Waals surface area contributed by atoms with E-state index in [2.05, 4.69) is 11.9 Å². The number of hydrogen-bond acceptors (Lipinski definition) is 4. The summed E-state index contributed by atoms with van der Waals surface area (Å²) in [5.74, 6) is -0.0980. The lowest BCUT2D eigenvalue weighted by atomic mass is 10.1. The number of carbonyl (C=O) groups excluding carboxylic acids is 1. The molecule has 0 radical (unpaired) electrons. The molecule has 1 rings (SSSR count). The van der Waals surface area contributed by atoms with Crippen LogP contribution in [0.25, 0.3) is 0 Å². The standard InChI is InChI=1S/C16H24N2O2S/c1-3-20-15(19)7-5-4-6-12-18(2)14-10-8-13(9-11-14)16(17)21/h8-11H,3-7,12H2,1-2H3,(H2,17,21). The molecule has 0 unspecified atom stereocenters. The summed E-state index contributed by atoms with van der Waals surface area (Å²) in [6.07, 6.45) is 3.47. The number of ether oxygens (including phenoxy) is 1. The van der Waals surface area contributed by atoms with Crippen molar-refractivity contribution < 1.29 is 9.53 Å². The second kappa shape index (κ2) is 9.34. The fourth-order valence-corrected chi connectivity index (χ4v) is 2.17. The first-order valence-corrected chi connectivity index (χ1v) is 7.72. The molecule has 0 saturated heterocycles. The van der Waals surface area contributed by atoms with E-state index in [0.717, 1.165) is 37.1 Å². The Morgan fingerprint density at radius 3 is 2.48 bits per heavy atom. The van der Waals surface area contributed by atoms with E-state index < -0.39 is 0 Å². The third-order valence-electron chi connectivity index (χ3n) is 3.27. The zero-order valence-corrected chi connectivity index (χ0v) is 13.6. The number of rotatable bonds is 9. The number of anilines is 1. The summed E-state index contributed by atoms with van der Waals surface area (Å²) in [4.78, 5) is 13.8. The van der Waals surface area contributed by atoms with E-state index in [-0.39, 0.29) is 5.97 Å². The predicted molar refractivity (Wildman–Crippen MR) is 90.7 cm³/mol. The third-order valence-corrected chi connectivity index (χ3v) is 3.51. The second-order valence-electron chi connectivity index (χ2n) is 4.95. The Hall–Kier alpha value is -1.62. The fourth-order valence-electron chi connectivity index (χ4n) is 2.04. The molecule has 0 aliphatic rings. The van der Waals surface area contributed by atoms with Gasteiger partial charge in [-0.25, -0.2) is 0 Å². The molecule has 0 spiro atoms. The molecule has 0 aliphatic carbocycles. The van der Waals surface area contributed by atoms with Gasteiger partial charge in [0, 0.05) is 31.3 Å². The highest BCUT2D eigenvalue weighted by Crippen LogP contribution is 2.15. The Labute approximate surface area is 132 Å². The molecule has 0 amide bonds. The van der Waals surface area contributed by atoms with Gasteiger partial charge in [-0.05, 0) is 44.0 Å². The second-order valence-corrected chi connectivity index (χ2v) is 5.39. The van der Waals surface area contributed by atoms with Gasteiger partial charge >= 0.3 is 5.97 Å². The van der Waals surface area contributed by atoms with Crippen LogP contribution in [0.2, 0.25) is 0 Å². The maximum Gasteiger partial charge on any atom is 0.305 e. The van der Waals surface area contributed by atoms with E-state index >= 15 is 0 Å². The molecule has 0 aliphatic heterocycles. The van der Waals surface area contributed by atoms with Gasteiger partial charge in [0.15, 0.2) is 0 Å². The summed E-state index contributed by atoms with van der Waals surface area (Å²) in [6.45, 7) is 3.24. The molecule has 0 bridgehead atoms. The highest BCUT2D eigenvalue weighted by Gasteiger charge is 2.04. The minimum atomic E-state index is -0.0980. The van der Waals surface area contributed by atoms with Gasteiger partial charge in [0.2, 0.25) is 0 Å². The van der Waals surface area contributed by atoms with Crippen molar-refractivity contribution >= 4 is 28.9 Å². The molecular weight excluding hydrogens is 284 g/mol. The largest absolute Gasteiger partial charge is 0.466 e. The molecule has 0 heterocycles. The van der Waals surface area contributed by atoms with Gasteiger partial charge in [0.1, 0.15) is 4.99 Å². The van der Waals surface area contributed by atoms with Crippen molar-refractivity contribution in [1.29, 1.82) is 0 Å². The summed E-state index contributed by atoms with van der Waals surface area (Å²) in [5.41, 5.74) is 7.60. The van der Waals surface area contributed by atoms with Crippen LogP contribution in [0.5, 0.6) is 0 Å². The zero-order valence-electron chi connectivity index (χ0n) is 12.8. The number of benzene rings is 1. The topological polar surface area (TPSA) is 55.6 Å². The van der Waals surface area contributed by atoms with Crippen LogP contribution in [0.15, 0.2) is 24.3 Å². The summed E-state index contributed by atoms with van der Waals surface area (Å²) in [5, 5.41) is 0. The summed E-state index contributed by atoms with van der Waals surface area (Å²) < 4.78 is 4.90. The van der Waals surface area contributed by atoms with Gasteiger partial charge in [0.25, 0.3) is 0 Å². The van der Waals surface area contributed by atoms with Crippen LogP contribution in [0.4, 0.5) is 5.69 Å². The van der Waals surface area contributed by atoms with Crippen molar-refractivity contribution in [3.8, 4) is 0 Å². The minimum absolute atomic E-state index is 0.0980. The first-order chi connectivity index (χ1) is 10.0. The van der Waals surface area contributed by atoms with Crippen molar-refractivity contribution in [3.05, 3.63) is 29.8 Å². The quantitative estimate of drug-likeness (QED) is 0.432. The maximum atomic E-state index is 11.2. The SMILES string of the molecule is CCOC(=O)CCCCCN(C)c1ccc(C(N)=S)cc1. The average molecular weight is 308 g/mol. The Morgan fingerprint density at radius 1 is 1.24 bits per heavy atom. The Balaban J connectivity index is 2.26. The van der Waals surface area contributed by atoms with Gasteiger partial charge in [-0.2, -0.15) is 0 Å². The van der Waals surface area contributed by atoms with Gasteiger partial charge in [-0.1, -0.05) is 18.6 Å². The van der Waals surface area contributed by atoms with Crippen molar-refractivity contribution in [2.45, 2.75) is 32.6 Å². The molecule has 4 nitrogen and oxygen atoms in total. The molecule has 0 saturated carbocycles. The third kappa shape index (κ3) is 6.58. The lowest BCUT2D eigenvalue weighted by Crippen LogP contribution is -2.18. The molecule has 21 heavy (non-hydrogen) atoms.